The molecular weight excluding hydrogens is 336 g/mol. The van der Waals surface area contributed by atoms with Crippen LogP contribution >= 0.6 is 0 Å². The van der Waals surface area contributed by atoms with Gasteiger partial charge < -0.3 is 18.9 Å². The van der Waals surface area contributed by atoms with E-state index >= 15 is 0 Å². The number of carbonyl (C=O) groups excluding carboxylic acids is 1. The van der Waals surface area contributed by atoms with Crippen LogP contribution in [-0.2, 0) is 4.74 Å². The van der Waals surface area contributed by atoms with Gasteiger partial charge in [-0.3, -0.25) is 4.79 Å². The van der Waals surface area contributed by atoms with Crippen LogP contribution in [0.15, 0.2) is 29.0 Å². The third kappa shape index (κ3) is 3.55. The van der Waals surface area contributed by atoms with Gasteiger partial charge in [0.05, 0.1) is 12.2 Å². The van der Waals surface area contributed by atoms with Crippen LogP contribution in [0.3, 0.4) is 0 Å². The molecular formula is C18H22N4O4. The maximum absolute atomic E-state index is 12.5. The van der Waals surface area contributed by atoms with Crippen LogP contribution in [0, 0.1) is 6.92 Å². The SMILES string of the molecule is Cc1cc(C(=O)N2CCC3(CC2)CC(Oc2ncccn2)CCO3)no1. The van der Waals surface area contributed by atoms with Crippen molar-refractivity contribution in [3.63, 3.8) is 0 Å². The molecule has 2 aliphatic heterocycles. The number of aryl methyl sites for hydroxylation is 1. The van der Waals surface area contributed by atoms with E-state index in [2.05, 4.69) is 15.1 Å². The summed E-state index contributed by atoms with van der Waals surface area (Å²) in [5, 5.41) is 3.82. The lowest BCUT2D eigenvalue weighted by Crippen LogP contribution is -2.52. The molecule has 2 saturated heterocycles. The summed E-state index contributed by atoms with van der Waals surface area (Å²) in [7, 11) is 0. The van der Waals surface area contributed by atoms with Gasteiger partial charge >= 0.3 is 6.01 Å². The number of piperidine rings is 1. The van der Waals surface area contributed by atoms with Gasteiger partial charge in [0.1, 0.15) is 11.9 Å². The van der Waals surface area contributed by atoms with E-state index in [9.17, 15) is 4.79 Å². The molecule has 2 aromatic rings. The van der Waals surface area contributed by atoms with E-state index in [1.54, 1.807) is 31.5 Å². The number of likely N-dealkylation sites (tertiary alicyclic amines) is 1. The largest absolute Gasteiger partial charge is 0.460 e. The number of hydrogen-bond donors (Lipinski definition) is 0. The van der Waals surface area contributed by atoms with Crippen LogP contribution in [0.2, 0.25) is 0 Å². The van der Waals surface area contributed by atoms with Gasteiger partial charge in [-0.2, -0.15) is 0 Å². The molecule has 0 N–H and O–H groups in total. The molecule has 4 rings (SSSR count). The minimum Gasteiger partial charge on any atom is -0.460 e. The summed E-state index contributed by atoms with van der Waals surface area (Å²) in [5.74, 6) is 0.554. The quantitative estimate of drug-likeness (QED) is 0.829. The smallest absolute Gasteiger partial charge is 0.316 e. The van der Waals surface area contributed by atoms with Gasteiger partial charge in [0.25, 0.3) is 5.91 Å². The fourth-order valence-corrected chi connectivity index (χ4v) is 3.67. The van der Waals surface area contributed by atoms with Crippen LogP contribution < -0.4 is 4.74 Å². The van der Waals surface area contributed by atoms with Crippen LogP contribution in [0.1, 0.15) is 41.9 Å². The Hall–Kier alpha value is -2.48. The van der Waals surface area contributed by atoms with Gasteiger partial charge in [0.2, 0.25) is 0 Å². The van der Waals surface area contributed by atoms with Crippen molar-refractivity contribution in [3.8, 4) is 6.01 Å². The zero-order valence-corrected chi connectivity index (χ0v) is 14.8. The summed E-state index contributed by atoms with van der Waals surface area (Å²) in [6.07, 6.45) is 6.56. The lowest BCUT2D eigenvalue weighted by Gasteiger charge is -2.45. The summed E-state index contributed by atoms with van der Waals surface area (Å²) in [6, 6.07) is 3.85. The Balaban J connectivity index is 1.36. The first kappa shape index (κ1) is 17.0. The van der Waals surface area contributed by atoms with Crippen molar-refractivity contribution in [3.05, 3.63) is 36.0 Å². The zero-order chi connectivity index (χ0) is 18.0. The first-order chi connectivity index (χ1) is 12.6. The van der Waals surface area contributed by atoms with Crippen molar-refractivity contribution in [2.24, 2.45) is 0 Å². The molecule has 0 aromatic carbocycles. The Morgan fingerprint density at radius 2 is 2.08 bits per heavy atom. The molecule has 2 fully saturated rings. The molecule has 1 spiro atoms. The van der Waals surface area contributed by atoms with Crippen molar-refractivity contribution >= 4 is 5.91 Å². The average Bonchev–Trinajstić information content (AvgIpc) is 3.09. The Kier molecular flexibility index (Phi) is 4.58. The van der Waals surface area contributed by atoms with Crippen molar-refractivity contribution < 1.29 is 18.8 Å². The molecule has 26 heavy (non-hydrogen) atoms. The Morgan fingerprint density at radius 1 is 1.31 bits per heavy atom. The molecule has 0 saturated carbocycles. The first-order valence-corrected chi connectivity index (χ1v) is 8.94. The fraction of sp³-hybridized carbons (Fsp3) is 0.556. The lowest BCUT2D eigenvalue weighted by atomic mass is 9.83. The van der Waals surface area contributed by atoms with Crippen LogP contribution in [0.25, 0.3) is 0 Å². The molecule has 1 unspecified atom stereocenters. The molecule has 1 atom stereocenters. The molecule has 1 amide bonds. The minimum absolute atomic E-state index is 0.0339. The van der Waals surface area contributed by atoms with E-state index in [0.717, 1.165) is 25.7 Å². The van der Waals surface area contributed by atoms with Crippen molar-refractivity contribution in [2.75, 3.05) is 19.7 Å². The zero-order valence-electron chi connectivity index (χ0n) is 14.8. The number of amides is 1. The molecule has 2 aromatic heterocycles. The molecule has 8 nitrogen and oxygen atoms in total. The van der Waals surface area contributed by atoms with Crippen LogP contribution in [-0.4, -0.2) is 57.3 Å². The van der Waals surface area contributed by atoms with Gasteiger partial charge in [0.15, 0.2) is 5.69 Å². The highest BCUT2D eigenvalue weighted by Crippen LogP contribution is 2.36. The number of rotatable bonds is 3. The van der Waals surface area contributed by atoms with Gasteiger partial charge in [-0.05, 0) is 25.8 Å². The average molecular weight is 358 g/mol. The minimum atomic E-state index is -0.242. The van der Waals surface area contributed by atoms with Crippen LogP contribution in [0.4, 0.5) is 0 Å². The second kappa shape index (κ2) is 7.03. The second-order valence-electron chi connectivity index (χ2n) is 6.91. The van der Waals surface area contributed by atoms with Gasteiger partial charge in [-0.25, -0.2) is 9.97 Å². The summed E-state index contributed by atoms with van der Waals surface area (Å²) in [4.78, 5) is 22.6. The van der Waals surface area contributed by atoms with Gasteiger partial charge in [0, 0.05) is 44.4 Å². The Labute approximate surface area is 151 Å². The highest BCUT2D eigenvalue weighted by Gasteiger charge is 2.42. The molecule has 0 aliphatic carbocycles. The van der Waals surface area contributed by atoms with Crippen LogP contribution in [0.5, 0.6) is 6.01 Å². The summed E-state index contributed by atoms with van der Waals surface area (Å²) in [6.45, 7) is 3.70. The highest BCUT2D eigenvalue weighted by atomic mass is 16.5. The van der Waals surface area contributed by atoms with E-state index in [1.165, 1.54) is 0 Å². The first-order valence-electron chi connectivity index (χ1n) is 8.94. The van der Waals surface area contributed by atoms with E-state index in [1.807, 2.05) is 4.90 Å². The lowest BCUT2D eigenvalue weighted by molar-refractivity contribution is -0.136. The fourth-order valence-electron chi connectivity index (χ4n) is 3.67. The molecule has 8 heteroatoms. The van der Waals surface area contributed by atoms with Crippen molar-refractivity contribution in [1.82, 2.24) is 20.0 Å². The third-order valence-electron chi connectivity index (χ3n) is 5.07. The van der Waals surface area contributed by atoms with Crippen molar-refractivity contribution in [2.45, 2.75) is 44.3 Å². The number of hydrogen-bond acceptors (Lipinski definition) is 7. The van der Waals surface area contributed by atoms with Gasteiger partial charge in [-0.15, -0.1) is 0 Å². The number of ether oxygens (including phenoxy) is 2. The Morgan fingerprint density at radius 3 is 2.77 bits per heavy atom. The molecule has 2 aliphatic rings. The summed E-state index contributed by atoms with van der Waals surface area (Å²) in [5.41, 5.74) is 0.124. The van der Waals surface area contributed by atoms with Crippen molar-refractivity contribution in [1.29, 1.82) is 0 Å². The number of aromatic nitrogens is 3. The molecule has 4 heterocycles. The Bertz CT molecular complexity index is 756. The maximum Gasteiger partial charge on any atom is 0.316 e. The maximum atomic E-state index is 12.5. The highest BCUT2D eigenvalue weighted by molar-refractivity contribution is 5.92. The van der Waals surface area contributed by atoms with E-state index in [4.69, 9.17) is 14.0 Å². The number of nitrogens with zero attached hydrogens (tertiary/aromatic N) is 4. The third-order valence-corrected chi connectivity index (χ3v) is 5.07. The molecule has 0 radical (unpaired) electrons. The van der Waals surface area contributed by atoms with E-state index < -0.39 is 0 Å². The second-order valence-corrected chi connectivity index (χ2v) is 6.91. The number of carbonyl (C=O) groups is 1. The van der Waals surface area contributed by atoms with Gasteiger partial charge in [-0.1, -0.05) is 5.16 Å². The predicted molar refractivity (Wildman–Crippen MR) is 90.7 cm³/mol. The van der Waals surface area contributed by atoms with E-state index in [-0.39, 0.29) is 17.6 Å². The topological polar surface area (TPSA) is 90.6 Å². The molecule has 138 valence electrons. The summed E-state index contributed by atoms with van der Waals surface area (Å²) >= 11 is 0. The van der Waals surface area contributed by atoms with E-state index in [0.29, 0.717) is 37.2 Å². The summed E-state index contributed by atoms with van der Waals surface area (Å²) < 4.78 is 17.0. The molecule has 0 bridgehead atoms. The normalized spacial score (nSPS) is 22.3. The predicted octanol–water partition coefficient (Wildman–Crippen LogP) is 2.01. The standard InChI is InChI=1S/C18H22N4O4/c1-13-11-15(21-26-13)16(23)22-8-4-18(5-9-22)12-14(3-10-24-18)25-17-19-6-2-7-20-17/h2,6-7,11,14H,3-5,8-10,12H2,1H3. The monoisotopic (exact) mass is 358 g/mol.